The molecular weight excluding hydrogens is 450 g/mol. The molecule has 1 unspecified atom stereocenters. The molecule has 3 aromatic rings. The van der Waals surface area contributed by atoms with Crippen molar-refractivity contribution in [3.63, 3.8) is 0 Å². The zero-order valence-corrected chi connectivity index (χ0v) is 19.7. The van der Waals surface area contributed by atoms with Crippen molar-refractivity contribution in [1.82, 2.24) is 14.8 Å². The minimum Gasteiger partial charge on any atom is -0.493 e. The number of rotatable bonds is 10. The van der Waals surface area contributed by atoms with Crippen LogP contribution in [-0.4, -0.2) is 33.5 Å². The van der Waals surface area contributed by atoms with Crippen LogP contribution in [0.2, 0.25) is 0 Å². The fourth-order valence-electron chi connectivity index (χ4n) is 3.10. The average molecular weight is 477 g/mol. The summed E-state index contributed by atoms with van der Waals surface area (Å²) in [4.78, 5) is 12.3. The normalized spacial score (nSPS) is 12.0. The number of thioether (sulfide) groups is 1. The summed E-state index contributed by atoms with van der Waals surface area (Å²) in [7, 11) is 1.58. The molecule has 1 amide bonds. The zero-order valence-electron chi connectivity index (χ0n) is 18.8. The van der Waals surface area contributed by atoms with E-state index in [0.29, 0.717) is 34.9 Å². The molecule has 0 saturated heterocycles. The first kappa shape index (κ1) is 24.5. The van der Waals surface area contributed by atoms with Crippen LogP contribution in [0.5, 0.6) is 11.5 Å². The highest BCUT2D eigenvalue weighted by molar-refractivity contribution is 7.99. The van der Waals surface area contributed by atoms with Gasteiger partial charge in [0.15, 0.2) is 40.2 Å². The molecule has 1 heterocycles. The summed E-state index contributed by atoms with van der Waals surface area (Å²) in [5.41, 5.74) is 0.183. The minimum absolute atomic E-state index is 0.0248. The first-order valence-corrected chi connectivity index (χ1v) is 11.4. The monoisotopic (exact) mass is 476 g/mol. The van der Waals surface area contributed by atoms with Gasteiger partial charge in [0.05, 0.1) is 12.9 Å². The van der Waals surface area contributed by atoms with Gasteiger partial charge in [0.2, 0.25) is 5.91 Å². The zero-order chi connectivity index (χ0) is 24.0. The molecule has 1 atom stereocenters. The number of hydrogen-bond donors (Lipinski definition) is 1. The lowest BCUT2D eigenvalue weighted by Gasteiger charge is -2.19. The maximum absolute atomic E-state index is 13.4. The summed E-state index contributed by atoms with van der Waals surface area (Å²) >= 11 is 1.21. The topological polar surface area (TPSA) is 78.3 Å². The maximum Gasteiger partial charge on any atom is 0.234 e. The van der Waals surface area contributed by atoms with E-state index in [9.17, 15) is 13.6 Å². The van der Waals surface area contributed by atoms with Crippen LogP contribution in [0.4, 0.5) is 14.5 Å². The lowest BCUT2D eigenvalue weighted by Crippen LogP contribution is -2.17. The van der Waals surface area contributed by atoms with Crippen molar-refractivity contribution in [3.05, 3.63) is 59.9 Å². The second kappa shape index (κ2) is 11.1. The third kappa shape index (κ3) is 6.44. The van der Waals surface area contributed by atoms with Gasteiger partial charge in [0, 0.05) is 18.3 Å². The summed E-state index contributed by atoms with van der Waals surface area (Å²) in [5, 5.41) is 11.7. The molecule has 0 fully saturated rings. The Morgan fingerprint density at radius 2 is 1.82 bits per heavy atom. The van der Waals surface area contributed by atoms with Crippen molar-refractivity contribution in [2.45, 2.75) is 38.6 Å². The third-order valence-electron chi connectivity index (χ3n) is 4.57. The van der Waals surface area contributed by atoms with Gasteiger partial charge in [-0.25, -0.2) is 8.78 Å². The van der Waals surface area contributed by atoms with E-state index in [1.165, 1.54) is 17.8 Å². The number of aromatic nitrogens is 3. The smallest absolute Gasteiger partial charge is 0.234 e. The van der Waals surface area contributed by atoms with Crippen molar-refractivity contribution >= 4 is 23.4 Å². The van der Waals surface area contributed by atoms with Gasteiger partial charge in [0.25, 0.3) is 0 Å². The number of para-hydroxylation sites is 2. The minimum atomic E-state index is -1.02. The van der Waals surface area contributed by atoms with Crippen LogP contribution >= 0.6 is 11.8 Å². The van der Waals surface area contributed by atoms with Gasteiger partial charge in [-0.1, -0.05) is 37.7 Å². The Balaban J connectivity index is 1.71. The number of nitrogens with one attached hydrogen (secondary N) is 1. The number of halogens is 2. The molecule has 1 N–H and O–H groups in total. The largest absolute Gasteiger partial charge is 0.493 e. The molecule has 0 aliphatic carbocycles. The van der Waals surface area contributed by atoms with Crippen LogP contribution in [-0.2, 0) is 11.3 Å². The predicted molar refractivity (Wildman–Crippen MR) is 123 cm³/mol. The van der Waals surface area contributed by atoms with Crippen molar-refractivity contribution in [3.8, 4) is 11.5 Å². The van der Waals surface area contributed by atoms with Crippen LogP contribution in [0.3, 0.4) is 0 Å². The number of carbonyl (C=O) groups excluding carboxylic acids is 1. The van der Waals surface area contributed by atoms with Crippen molar-refractivity contribution in [1.29, 1.82) is 0 Å². The van der Waals surface area contributed by atoms with Crippen LogP contribution in [0.25, 0.3) is 0 Å². The molecule has 0 bridgehead atoms. The SMILES string of the molecule is COc1ccccc1OC(C)c1nnc(SCC(=O)Nc2ccc(F)c(F)c2)n1CC(C)C. The number of amides is 1. The van der Waals surface area contributed by atoms with Gasteiger partial charge in [-0.05, 0) is 37.1 Å². The number of nitrogens with zero attached hydrogens (tertiary/aromatic N) is 3. The van der Waals surface area contributed by atoms with E-state index in [1.54, 1.807) is 7.11 Å². The van der Waals surface area contributed by atoms with Gasteiger partial charge in [-0.15, -0.1) is 10.2 Å². The van der Waals surface area contributed by atoms with Crippen LogP contribution < -0.4 is 14.8 Å². The average Bonchev–Trinajstić information content (AvgIpc) is 3.17. The molecule has 0 spiro atoms. The number of carbonyl (C=O) groups is 1. The summed E-state index contributed by atoms with van der Waals surface area (Å²) in [6.07, 6.45) is -0.419. The number of benzene rings is 2. The molecule has 1 aromatic heterocycles. The Labute approximate surface area is 195 Å². The maximum atomic E-state index is 13.4. The van der Waals surface area contributed by atoms with Gasteiger partial charge in [0.1, 0.15) is 0 Å². The Morgan fingerprint density at radius 1 is 1.09 bits per heavy atom. The van der Waals surface area contributed by atoms with Gasteiger partial charge >= 0.3 is 0 Å². The fourth-order valence-corrected chi connectivity index (χ4v) is 3.86. The fraction of sp³-hybridized carbons (Fsp3) is 0.348. The Bertz CT molecular complexity index is 1110. The molecular formula is C23H26F2N4O3S. The molecule has 0 aliphatic rings. The predicted octanol–water partition coefficient (Wildman–Crippen LogP) is 5.09. The molecule has 7 nitrogen and oxygen atoms in total. The van der Waals surface area contributed by atoms with E-state index in [0.717, 1.165) is 12.1 Å². The van der Waals surface area contributed by atoms with Crippen LogP contribution in [0.1, 0.15) is 32.7 Å². The first-order chi connectivity index (χ1) is 15.8. The molecule has 0 aliphatic heterocycles. The highest BCUT2D eigenvalue weighted by Crippen LogP contribution is 2.31. The van der Waals surface area contributed by atoms with Crippen molar-refractivity contribution in [2.75, 3.05) is 18.2 Å². The summed E-state index contributed by atoms with van der Waals surface area (Å²) < 4.78 is 39.8. The first-order valence-electron chi connectivity index (χ1n) is 10.4. The van der Waals surface area contributed by atoms with E-state index >= 15 is 0 Å². The molecule has 3 rings (SSSR count). The number of anilines is 1. The standard InChI is InChI=1S/C23H26F2N4O3S/c1-14(2)12-29-22(15(3)32-20-8-6-5-7-19(20)31-4)27-28-23(29)33-13-21(30)26-16-9-10-17(24)18(25)11-16/h5-11,14-15H,12-13H2,1-4H3,(H,26,30). The molecule has 176 valence electrons. The van der Waals surface area contributed by atoms with E-state index in [2.05, 4.69) is 29.4 Å². The number of hydrogen-bond acceptors (Lipinski definition) is 6. The highest BCUT2D eigenvalue weighted by Gasteiger charge is 2.22. The summed E-state index contributed by atoms with van der Waals surface area (Å²) in [6.45, 7) is 6.64. The van der Waals surface area contributed by atoms with Crippen LogP contribution in [0.15, 0.2) is 47.6 Å². The quantitative estimate of drug-likeness (QED) is 0.411. The summed E-state index contributed by atoms with van der Waals surface area (Å²) in [6, 6.07) is 10.6. The van der Waals surface area contributed by atoms with Gasteiger partial charge in [-0.3, -0.25) is 4.79 Å². The molecule has 0 radical (unpaired) electrons. The Kier molecular flexibility index (Phi) is 8.26. The molecule has 10 heteroatoms. The Hall–Kier alpha value is -3.14. The second-order valence-corrected chi connectivity index (χ2v) is 8.66. The lowest BCUT2D eigenvalue weighted by atomic mass is 10.2. The lowest BCUT2D eigenvalue weighted by molar-refractivity contribution is -0.113. The molecule has 2 aromatic carbocycles. The molecule has 33 heavy (non-hydrogen) atoms. The van der Waals surface area contributed by atoms with Gasteiger partial charge < -0.3 is 19.4 Å². The van der Waals surface area contributed by atoms with E-state index in [4.69, 9.17) is 9.47 Å². The number of methoxy groups -OCH3 is 1. The van der Waals surface area contributed by atoms with Crippen molar-refractivity contribution in [2.24, 2.45) is 5.92 Å². The highest BCUT2D eigenvalue weighted by atomic mass is 32.2. The van der Waals surface area contributed by atoms with E-state index < -0.39 is 17.7 Å². The Morgan fingerprint density at radius 3 is 2.48 bits per heavy atom. The van der Waals surface area contributed by atoms with E-state index in [-0.39, 0.29) is 17.3 Å². The number of ether oxygens (including phenoxy) is 2. The molecule has 0 saturated carbocycles. The van der Waals surface area contributed by atoms with Crippen LogP contribution in [0, 0.1) is 17.6 Å². The third-order valence-corrected chi connectivity index (χ3v) is 5.53. The van der Waals surface area contributed by atoms with E-state index in [1.807, 2.05) is 35.8 Å². The van der Waals surface area contributed by atoms with Crippen molar-refractivity contribution < 1.29 is 23.0 Å². The second-order valence-electron chi connectivity index (χ2n) is 7.72. The summed E-state index contributed by atoms with van der Waals surface area (Å²) in [5.74, 6) is -0.213. The van der Waals surface area contributed by atoms with Gasteiger partial charge in [-0.2, -0.15) is 0 Å².